The first-order valence-electron chi connectivity index (χ1n) is 24.0. The number of phosphoric ester groups is 1. The molecule has 0 heterocycles. The Kier molecular flexibility index (Phi) is 42.8. The number of hydrogen-bond donors (Lipinski definition) is 2. The van der Waals surface area contributed by atoms with Gasteiger partial charge in [-0.15, -0.1) is 0 Å². The van der Waals surface area contributed by atoms with Crippen LogP contribution in [-0.2, 0) is 32.7 Å². The maximum absolute atomic E-state index is 12.6. The number of nitrogens with one attached hydrogen (secondary N) is 1. The van der Waals surface area contributed by atoms with Gasteiger partial charge in [-0.05, 0) is 19.9 Å². The van der Waals surface area contributed by atoms with Crippen LogP contribution in [0.1, 0.15) is 245 Å². The zero-order valence-corrected chi connectivity index (χ0v) is 38.0. The predicted octanol–water partition coefficient (Wildman–Crippen LogP) is 13.9. The summed E-state index contributed by atoms with van der Waals surface area (Å²) in [7, 11) is -2.64. The fourth-order valence-electron chi connectivity index (χ4n) is 7.09. The van der Waals surface area contributed by atoms with E-state index in [0.717, 1.165) is 38.5 Å². The molecule has 0 saturated carbocycles. The molecule has 0 aromatic rings. The third-order valence-corrected chi connectivity index (χ3v) is 11.7. The number of likely N-dealkylation sites (N-methyl/N-ethyl adjacent to an activating group) is 1. The van der Waals surface area contributed by atoms with E-state index in [2.05, 4.69) is 19.2 Å². The lowest BCUT2D eigenvalue weighted by Gasteiger charge is -2.20. The minimum atomic E-state index is -4.34. The zero-order valence-electron chi connectivity index (χ0n) is 37.1. The van der Waals surface area contributed by atoms with Gasteiger partial charge in [-0.3, -0.25) is 18.6 Å². The van der Waals surface area contributed by atoms with E-state index in [1.54, 1.807) is 7.05 Å². The number of phosphoric acid groups is 1. The Balaban J connectivity index is 4.09. The summed E-state index contributed by atoms with van der Waals surface area (Å²) < 4.78 is 33.3. The van der Waals surface area contributed by atoms with Crippen LogP contribution in [0.4, 0.5) is 0 Å². The molecule has 0 aliphatic rings. The van der Waals surface area contributed by atoms with Crippen molar-refractivity contribution in [2.75, 3.05) is 33.4 Å². The van der Waals surface area contributed by atoms with Crippen molar-refractivity contribution in [1.29, 1.82) is 0 Å². The third kappa shape index (κ3) is 42.6. The van der Waals surface area contributed by atoms with E-state index in [9.17, 15) is 19.0 Å². The number of esters is 2. The monoisotopic (exact) mass is 818 g/mol. The average Bonchev–Trinajstić information content (AvgIpc) is 3.18. The SMILES string of the molecule is CCCCCCCCCCCCCCCCCCCCCC(=O)OCC(COP(=O)(O)OCCNC)OC(=O)CCCCCCCCCCCCCCCCC. The van der Waals surface area contributed by atoms with Gasteiger partial charge in [-0.2, -0.15) is 0 Å². The van der Waals surface area contributed by atoms with Crippen LogP contribution < -0.4 is 5.32 Å². The predicted molar refractivity (Wildman–Crippen MR) is 234 cm³/mol. The summed E-state index contributed by atoms with van der Waals surface area (Å²) in [6.07, 6.45) is 42.9. The van der Waals surface area contributed by atoms with Crippen LogP contribution in [0.15, 0.2) is 0 Å². The summed E-state index contributed by atoms with van der Waals surface area (Å²) in [6.45, 7) is 4.28. The number of ether oxygens (including phenoxy) is 2. The summed E-state index contributed by atoms with van der Waals surface area (Å²) in [6, 6.07) is 0. The average molecular weight is 818 g/mol. The van der Waals surface area contributed by atoms with Crippen molar-refractivity contribution in [2.24, 2.45) is 0 Å². The largest absolute Gasteiger partial charge is 0.472 e. The molecule has 334 valence electrons. The number of rotatable bonds is 46. The molecular formula is C46H92NO8P. The molecule has 0 saturated heterocycles. The van der Waals surface area contributed by atoms with Gasteiger partial charge in [0.2, 0.25) is 0 Å². The Morgan fingerprint density at radius 3 is 1.14 bits per heavy atom. The fourth-order valence-corrected chi connectivity index (χ4v) is 7.84. The molecule has 0 bridgehead atoms. The van der Waals surface area contributed by atoms with E-state index < -0.39 is 26.5 Å². The summed E-state index contributed by atoms with van der Waals surface area (Å²) in [5.74, 6) is -0.787. The standard InChI is InChI=1S/C46H92NO8P/c1-4-6-8-10-12-14-16-18-20-21-22-23-25-26-28-30-32-34-36-38-45(48)52-42-44(43-54-56(50,51)53-41-40-47-3)55-46(49)39-37-35-33-31-29-27-24-19-17-15-13-11-9-7-5-2/h44,47H,4-43H2,1-3H3,(H,50,51). The van der Waals surface area contributed by atoms with Gasteiger partial charge in [0.1, 0.15) is 6.61 Å². The molecule has 0 radical (unpaired) electrons. The normalized spacial score (nSPS) is 13.1. The first-order valence-corrected chi connectivity index (χ1v) is 25.5. The molecule has 9 nitrogen and oxygen atoms in total. The van der Waals surface area contributed by atoms with Gasteiger partial charge in [-0.1, -0.05) is 219 Å². The molecule has 0 aliphatic carbocycles. The van der Waals surface area contributed by atoms with Crippen molar-refractivity contribution < 1.29 is 37.6 Å². The molecule has 0 aliphatic heterocycles. The van der Waals surface area contributed by atoms with Crippen LogP contribution in [0.2, 0.25) is 0 Å². The highest BCUT2D eigenvalue weighted by atomic mass is 31.2. The van der Waals surface area contributed by atoms with E-state index in [-0.39, 0.29) is 25.6 Å². The molecule has 0 aromatic carbocycles. The van der Waals surface area contributed by atoms with Gasteiger partial charge >= 0.3 is 19.8 Å². The van der Waals surface area contributed by atoms with Gasteiger partial charge in [0.15, 0.2) is 6.10 Å². The van der Waals surface area contributed by atoms with Crippen LogP contribution in [0, 0.1) is 0 Å². The van der Waals surface area contributed by atoms with E-state index in [4.69, 9.17) is 18.5 Å². The van der Waals surface area contributed by atoms with Crippen LogP contribution in [0.5, 0.6) is 0 Å². The molecule has 0 aromatic heterocycles. The molecule has 2 N–H and O–H groups in total. The highest BCUT2D eigenvalue weighted by Crippen LogP contribution is 2.43. The van der Waals surface area contributed by atoms with Crippen LogP contribution in [0.25, 0.3) is 0 Å². The van der Waals surface area contributed by atoms with Crippen molar-refractivity contribution in [2.45, 2.75) is 251 Å². The Labute approximate surface area is 346 Å². The van der Waals surface area contributed by atoms with Crippen molar-refractivity contribution in [3.63, 3.8) is 0 Å². The highest BCUT2D eigenvalue weighted by molar-refractivity contribution is 7.47. The van der Waals surface area contributed by atoms with Gasteiger partial charge < -0.3 is 19.7 Å². The van der Waals surface area contributed by atoms with Crippen LogP contribution in [-0.4, -0.2) is 56.3 Å². The van der Waals surface area contributed by atoms with E-state index in [1.165, 1.54) is 180 Å². The first kappa shape index (κ1) is 55.0. The number of carbonyl (C=O) groups excluding carboxylic acids is 2. The van der Waals surface area contributed by atoms with Gasteiger partial charge in [0, 0.05) is 19.4 Å². The number of carbonyl (C=O) groups is 2. The van der Waals surface area contributed by atoms with Crippen molar-refractivity contribution >= 4 is 19.8 Å². The van der Waals surface area contributed by atoms with Crippen LogP contribution >= 0.6 is 7.82 Å². The summed E-state index contributed by atoms with van der Waals surface area (Å²) in [5.41, 5.74) is 0. The van der Waals surface area contributed by atoms with Crippen molar-refractivity contribution in [3.05, 3.63) is 0 Å². The molecule has 2 atom stereocenters. The summed E-state index contributed by atoms with van der Waals surface area (Å²) in [5, 5.41) is 2.83. The van der Waals surface area contributed by atoms with Gasteiger partial charge in [-0.25, -0.2) is 4.57 Å². The Morgan fingerprint density at radius 1 is 0.482 bits per heavy atom. The lowest BCUT2D eigenvalue weighted by atomic mass is 10.0. The lowest BCUT2D eigenvalue weighted by molar-refractivity contribution is -0.161. The molecule has 0 rings (SSSR count). The maximum atomic E-state index is 12.6. The Bertz CT molecular complexity index is 891. The first-order chi connectivity index (χ1) is 27.3. The topological polar surface area (TPSA) is 120 Å². The summed E-state index contributed by atoms with van der Waals surface area (Å²) in [4.78, 5) is 35.1. The third-order valence-electron chi connectivity index (χ3n) is 10.7. The smallest absolute Gasteiger partial charge is 0.462 e. The minimum Gasteiger partial charge on any atom is -0.462 e. The second-order valence-electron chi connectivity index (χ2n) is 16.3. The number of unbranched alkanes of at least 4 members (excludes halogenated alkanes) is 32. The van der Waals surface area contributed by atoms with E-state index in [1.807, 2.05) is 0 Å². The minimum absolute atomic E-state index is 0.0116. The molecule has 2 unspecified atom stereocenters. The van der Waals surface area contributed by atoms with E-state index in [0.29, 0.717) is 13.0 Å². The Hall–Kier alpha value is -0.990. The molecule has 0 spiro atoms. The lowest BCUT2D eigenvalue weighted by Crippen LogP contribution is -2.29. The van der Waals surface area contributed by atoms with Crippen LogP contribution in [0.3, 0.4) is 0 Å². The second-order valence-corrected chi connectivity index (χ2v) is 17.8. The van der Waals surface area contributed by atoms with E-state index >= 15 is 0 Å². The molecule has 10 heteroatoms. The Morgan fingerprint density at radius 2 is 0.804 bits per heavy atom. The molecule has 56 heavy (non-hydrogen) atoms. The van der Waals surface area contributed by atoms with Gasteiger partial charge in [0.05, 0.1) is 13.2 Å². The number of hydrogen-bond acceptors (Lipinski definition) is 8. The zero-order chi connectivity index (χ0) is 41.1. The summed E-state index contributed by atoms with van der Waals surface area (Å²) >= 11 is 0. The highest BCUT2D eigenvalue weighted by Gasteiger charge is 2.26. The van der Waals surface area contributed by atoms with Crippen molar-refractivity contribution in [1.82, 2.24) is 5.32 Å². The maximum Gasteiger partial charge on any atom is 0.472 e. The molecule has 0 fully saturated rings. The van der Waals surface area contributed by atoms with Crippen molar-refractivity contribution in [3.8, 4) is 0 Å². The molecular weight excluding hydrogens is 725 g/mol. The second kappa shape index (κ2) is 43.6. The quantitative estimate of drug-likeness (QED) is 0.0351. The fraction of sp³-hybridized carbons (Fsp3) is 0.957. The molecule has 0 amide bonds. The van der Waals surface area contributed by atoms with Gasteiger partial charge in [0.25, 0.3) is 0 Å².